The van der Waals surface area contributed by atoms with E-state index in [2.05, 4.69) is 4.99 Å². The van der Waals surface area contributed by atoms with Crippen molar-refractivity contribution in [2.75, 3.05) is 0 Å². The number of hydrogen-bond donors (Lipinski definition) is 0. The van der Waals surface area contributed by atoms with Gasteiger partial charge in [0.15, 0.2) is 0 Å². The van der Waals surface area contributed by atoms with Gasteiger partial charge in [-0.05, 0) is 23.6 Å². The van der Waals surface area contributed by atoms with E-state index in [4.69, 9.17) is 0 Å². The summed E-state index contributed by atoms with van der Waals surface area (Å²) in [6.07, 6.45) is 0. The van der Waals surface area contributed by atoms with Crippen LogP contribution in [0.5, 0.6) is 0 Å². The number of hydrogen-bond acceptors (Lipinski definition) is 2. The molecule has 0 saturated heterocycles. The summed E-state index contributed by atoms with van der Waals surface area (Å²) in [6.45, 7) is 0. The smallest absolute Gasteiger partial charge is 0.858 e. The zero-order valence-electron chi connectivity index (χ0n) is 9.13. The summed E-state index contributed by atoms with van der Waals surface area (Å²) < 4.78 is 0. The fraction of sp³-hybridized carbons (Fsp3) is 0. The first-order valence-corrected chi connectivity index (χ1v) is 4.72. The summed E-state index contributed by atoms with van der Waals surface area (Å²) in [6, 6.07) is 18.3. The van der Waals surface area contributed by atoms with Gasteiger partial charge in [0.05, 0.1) is 5.69 Å². The summed E-state index contributed by atoms with van der Waals surface area (Å²) in [7, 11) is 0. The van der Waals surface area contributed by atoms with E-state index in [1.807, 2.05) is 36.4 Å². The Labute approximate surface area is 117 Å². The average Bonchev–Trinajstić information content (AvgIpc) is 2.31. The van der Waals surface area contributed by atoms with Crippen molar-refractivity contribution in [3.8, 4) is 0 Å². The average molecular weight is 219 g/mol. The molecule has 0 unspecified atom stereocenters. The molecule has 16 heavy (non-hydrogen) atoms. The molecule has 0 spiro atoms. The van der Waals surface area contributed by atoms with Gasteiger partial charge in [-0.2, -0.15) is 0 Å². The van der Waals surface area contributed by atoms with Crippen LogP contribution in [0.1, 0.15) is 5.56 Å². The Kier molecular flexibility index (Phi) is 5.26. The van der Waals surface area contributed by atoms with Crippen LogP contribution in [0.15, 0.2) is 65.7 Å². The fourth-order valence-corrected chi connectivity index (χ4v) is 1.27. The van der Waals surface area contributed by atoms with Crippen LogP contribution in [-0.4, -0.2) is 5.90 Å². The predicted molar refractivity (Wildman–Crippen MR) is 59.1 cm³/mol. The molecule has 2 aromatic carbocycles. The summed E-state index contributed by atoms with van der Waals surface area (Å²) in [5.74, 6) is -0.207. The van der Waals surface area contributed by atoms with Gasteiger partial charge in [-0.15, -0.1) is 0 Å². The van der Waals surface area contributed by atoms with Crippen molar-refractivity contribution < 1.29 is 34.7 Å². The summed E-state index contributed by atoms with van der Waals surface area (Å²) in [4.78, 5) is 3.99. The topological polar surface area (TPSA) is 35.4 Å². The van der Waals surface area contributed by atoms with Gasteiger partial charge in [0, 0.05) is 0 Å². The molecule has 0 fully saturated rings. The second-order valence-electron chi connectivity index (χ2n) is 3.12. The minimum Gasteiger partial charge on any atom is -0.858 e. The Morgan fingerprint density at radius 3 is 1.88 bits per heavy atom. The van der Waals surface area contributed by atoms with Crippen LogP contribution >= 0.6 is 0 Å². The van der Waals surface area contributed by atoms with Crippen molar-refractivity contribution in [3.05, 3.63) is 66.2 Å². The number of nitrogens with zero attached hydrogens (tertiary/aromatic N) is 1. The molecular formula is C13H10NNaO. The maximum atomic E-state index is 11.6. The molecule has 0 bridgehead atoms. The van der Waals surface area contributed by atoms with Crippen LogP contribution in [0.2, 0.25) is 0 Å². The van der Waals surface area contributed by atoms with Gasteiger partial charge in [0.1, 0.15) is 0 Å². The minimum absolute atomic E-state index is 0. The first-order chi connectivity index (χ1) is 7.36. The largest absolute Gasteiger partial charge is 1.00 e. The third-order valence-electron chi connectivity index (χ3n) is 2.01. The fourth-order valence-electron chi connectivity index (χ4n) is 1.27. The Morgan fingerprint density at radius 2 is 1.31 bits per heavy atom. The van der Waals surface area contributed by atoms with Gasteiger partial charge < -0.3 is 5.11 Å². The van der Waals surface area contributed by atoms with Crippen molar-refractivity contribution in [2.45, 2.75) is 0 Å². The molecular weight excluding hydrogens is 209 g/mol. The molecule has 0 N–H and O–H groups in total. The quantitative estimate of drug-likeness (QED) is 0.367. The van der Waals surface area contributed by atoms with Crippen molar-refractivity contribution in [1.82, 2.24) is 0 Å². The Bertz CT molecular complexity index is 454. The van der Waals surface area contributed by atoms with Crippen LogP contribution in [0.3, 0.4) is 0 Å². The van der Waals surface area contributed by atoms with Crippen molar-refractivity contribution in [1.29, 1.82) is 0 Å². The van der Waals surface area contributed by atoms with Gasteiger partial charge in [-0.1, -0.05) is 48.5 Å². The Hall–Kier alpha value is -1.09. The molecule has 2 rings (SSSR count). The number of rotatable bonds is 2. The molecule has 2 nitrogen and oxygen atoms in total. The standard InChI is InChI=1S/C13H11NO.Na/c15-13(11-7-3-1-4-8-11)14-12-9-5-2-6-10-12;/h1-10H,(H,14,15);/q;+1/p-1. The molecule has 0 aliphatic rings. The monoisotopic (exact) mass is 219 g/mol. The van der Waals surface area contributed by atoms with E-state index < -0.39 is 0 Å². The normalized spacial score (nSPS) is 10.6. The van der Waals surface area contributed by atoms with Gasteiger partial charge >= 0.3 is 29.6 Å². The third kappa shape index (κ3) is 3.49. The minimum atomic E-state index is -0.207. The first-order valence-electron chi connectivity index (χ1n) is 4.72. The van der Waals surface area contributed by atoms with Gasteiger partial charge in [-0.3, -0.25) is 4.99 Å². The molecule has 3 heteroatoms. The van der Waals surface area contributed by atoms with Crippen LogP contribution in [0, 0.1) is 0 Å². The van der Waals surface area contributed by atoms with Crippen LogP contribution in [0.25, 0.3) is 0 Å². The molecule has 0 radical (unpaired) electrons. The van der Waals surface area contributed by atoms with E-state index in [9.17, 15) is 5.11 Å². The van der Waals surface area contributed by atoms with E-state index >= 15 is 0 Å². The van der Waals surface area contributed by atoms with Crippen LogP contribution in [0.4, 0.5) is 5.69 Å². The van der Waals surface area contributed by atoms with E-state index in [0.717, 1.165) is 0 Å². The van der Waals surface area contributed by atoms with Crippen LogP contribution in [-0.2, 0) is 0 Å². The van der Waals surface area contributed by atoms with Crippen molar-refractivity contribution >= 4 is 11.6 Å². The summed E-state index contributed by atoms with van der Waals surface area (Å²) in [5, 5.41) is 11.6. The SMILES string of the molecule is [Na+].[O-]C(=Nc1ccccc1)c1ccccc1. The summed E-state index contributed by atoms with van der Waals surface area (Å²) in [5.41, 5.74) is 1.30. The molecule has 2 aromatic rings. The second kappa shape index (κ2) is 6.48. The molecule has 0 amide bonds. The molecule has 0 saturated carbocycles. The zero-order valence-corrected chi connectivity index (χ0v) is 11.1. The van der Waals surface area contributed by atoms with E-state index in [1.54, 1.807) is 24.3 Å². The van der Waals surface area contributed by atoms with E-state index in [1.165, 1.54) is 0 Å². The zero-order chi connectivity index (χ0) is 10.5. The van der Waals surface area contributed by atoms with Crippen molar-refractivity contribution in [2.24, 2.45) is 4.99 Å². The van der Waals surface area contributed by atoms with Gasteiger partial charge in [-0.25, -0.2) is 0 Å². The molecule has 0 atom stereocenters. The number of benzene rings is 2. The number of para-hydroxylation sites is 1. The molecule has 74 valence electrons. The predicted octanol–water partition coefficient (Wildman–Crippen LogP) is -0.871. The molecule has 0 aliphatic carbocycles. The van der Waals surface area contributed by atoms with Gasteiger partial charge in [0.25, 0.3) is 0 Å². The third-order valence-corrected chi connectivity index (χ3v) is 2.01. The van der Waals surface area contributed by atoms with Crippen LogP contribution < -0.4 is 34.7 Å². The number of aliphatic imine (C=N–C) groups is 1. The molecule has 0 aliphatic heterocycles. The van der Waals surface area contributed by atoms with E-state index in [0.29, 0.717) is 11.3 Å². The molecule has 0 heterocycles. The second-order valence-corrected chi connectivity index (χ2v) is 3.12. The maximum Gasteiger partial charge on any atom is 1.00 e. The maximum absolute atomic E-state index is 11.6. The van der Waals surface area contributed by atoms with E-state index in [-0.39, 0.29) is 35.5 Å². The van der Waals surface area contributed by atoms with Crippen molar-refractivity contribution in [3.63, 3.8) is 0 Å². The first kappa shape index (κ1) is 13.0. The Morgan fingerprint density at radius 1 is 0.812 bits per heavy atom. The summed E-state index contributed by atoms with van der Waals surface area (Å²) >= 11 is 0. The molecule has 0 aromatic heterocycles. The van der Waals surface area contributed by atoms with Gasteiger partial charge in [0.2, 0.25) is 0 Å². The Balaban J connectivity index is 0.00000128.